The molecule has 2 atom stereocenters. The Kier molecular flexibility index (Phi) is 9.26. The van der Waals surface area contributed by atoms with Gasteiger partial charge in [0.25, 0.3) is 5.91 Å². The summed E-state index contributed by atoms with van der Waals surface area (Å²) < 4.78 is 6.16. The van der Waals surface area contributed by atoms with E-state index in [1.165, 1.54) is 26.2 Å². The van der Waals surface area contributed by atoms with Gasteiger partial charge in [-0.1, -0.05) is 37.8 Å². The predicted molar refractivity (Wildman–Crippen MR) is 145 cm³/mol. The molecule has 8 nitrogen and oxygen atoms in total. The van der Waals surface area contributed by atoms with Crippen LogP contribution in [-0.4, -0.2) is 35.5 Å². The van der Waals surface area contributed by atoms with Crippen LogP contribution in [-0.2, 0) is 22.4 Å². The molecule has 2 aromatic carbocycles. The van der Waals surface area contributed by atoms with Crippen LogP contribution in [0.3, 0.4) is 0 Å². The zero-order chi connectivity index (χ0) is 27.1. The van der Waals surface area contributed by atoms with Gasteiger partial charge in [0.2, 0.25) is 11.8 Å². The van der Waals surface area contributed by atoms with Crippen LogP contribution in [0.15, 0.2) is 36.4 Å². The Labute approximate surface area is 224 Å². The third-order valence-corrected chi connectivity index (χ3v) is 7.66. The molecule has 0 aliphatic heterocycles. The number of primary amides is 1. The van der Waals surface area contributed by atoms with Crippen LogP contribution in [0.2, 0.25) is 0 Å². The predicted octanol–water partition coefficient (Wildman–Crippen LogP) is 4.08. The van der Waals surface area contributed by atoms with Crippen LogP contribution < -0.4 is 21.1 Å². The topological polar surface area (TPSA) is 131 Å². The molecule has 0 saturated heterocycles. The van der Waals surface area contributed by atoms with Gasteiger partial charge in [0.05, 0.1) is 18.2 Å². The summed E-state index contributed by atoms with van der Waals surface area (Å²) >= 11 is 0. The highest BCUT2D eigenvalue weighted by atomic mass is 16.5. The highest BCUT2D eigenvalue weighted by molar-refractivity contribution is 5.96. The van der Waals surface area contributed by atoms with E-state index in [0.29, 0.717) is 30.3 Å². The molecule has 0 aromatic heterocycles. The Morgan fingerprint density at radius 2 is 1.74 bits per heavy atom. The Balaban J connectivity index is 1.54. The van der Waals surface area contributed by atoms with Crippen molar-refractivity contribution >= 4 is 17.7 Å². The molecule has 3 amide bonds. The molecule has 0 radical (unpaired) electrons. The molecule has 4 rings (SSSR count). The minimum absolute atomic E-state index is 0.136. The average Bonchev–Trinajstić information content (AvgIpc) is 3.09. The van der Waals surface area contributed by atoms with Gasteiger partial charge < -0.3 is 26.2 Å². The number of hydrogen-bond donors (Lipinski definition) is 4. The molecule has 5 N–H and O–H groups in total. The van der Waals surface area contributed by atoms with Crippen molar-refractivity contribution in [3.63, 3.8) is 0 Å². The van der Waals surface area contributed by atoms with Gasteiger partial charge in [-0.15, -0.1) is 0 Å². The third-order valence-electron chi connectivity index (χ3n) is 7.66. The molecule has 0 heterocycles. The second-order valence-corrected chi connectivity index (χ2v) is 10.7. The van der Waals surface area contributed by atoms with Crippen molar-refractivity contribution in [2.24, 2.45) is 11.7 Å². The van der Waals surface area contributed by atoms with Crippen LogP contribution in [0.5, 0.6) is 11.5 Å². The number of carbonyl (C=O) groups excluding carboxylic acids is 3. The zero-order valence-electron chi connectivity index (χ0n) is 22.1. The Bertz CT molecular complexity index is 1140. The number of phenols is 1. The van der Waals surface area contributed by atoms with Gasteiger partial charge in [-0.05, 0) is 79.0 Å². The number of carbonyl (C=O) groups is 3. The number of amides is 3. The number of ether oxygens (including phenoxy) is 1. The van der Waals surface area contributed by atoms with Gasteiger partial charge in [0.1, 0.15) is 17.5 Å². The molecule has 2 aromatic rings. The molecule has 2 aliphatic rings. The summed E-state index contributed by atoms with van der Waals surface area (Å²) in [5, 5.41) is 15.4. The Morgan fingerprint density at radius 3 is 2.42 bits per heavy atom. The maximum atomic E-state index is 13.4. The smallest absolute Gasteiger partial charge is 0.252 e. The summed E-state index contributed by atoms with van der Waals surface area (Å²) in [7, 11) is 0. The van der Waals surface area contributed by atoms with E-state index in [9.17, 15) is 19.5 Å². The van der Waals surface area contributed by atoms with E-state index in [1.54, 1.807) is 30.3 Å². The summed E-state index contributed by atoms with van der Waals surface area (Å²) in [6.45, 7) is 1.96. The van der Waals surface area contributed by atoms with Crippen molar-refractivity contribution in [3.05, 3.63) is 58.7 Å². The van der Waals surface area contributed by atoms with Crippen LogP contribution in [0, 0.1) is 5.92 Å². The molecular weight excluding hydrogens is 482 g/mol. The van der Waals surface area contributed by atoms with E-state index in [4.69, 9.17) is 10.5 Å². The number of aryl methyl sites for hydroxylation is 1. The summed E-state index contributed by atoms with van der Waals surface area (Å²) in [6, 6.07) is 9.19. The summed E-state index contributed by atoms with van der Waals surface area (Å²) in [6.07, 6.45) is 9.68. The van der Waals surface area contributed by atoms with Gasteiger partial charge in [-0.3, -0.25) is 14.4 Å². The molecular formula is C30H39N3O5. The quantitative estimate of drug-likeness (QED) is 0.369. The fraction of sp³-hybridized carbons (Fsp3) is 0.500. The number of nitrogens with two attached hydrogens (primary N) is 1. The number of rotatable bonds is 9. The first-order valence-corrected chi connectivity index (χ1v) is 13.7. The van der Waals surface area contributed by atoms with Gasteiger partial charge in [-0.25, -0.2) is 0 Å². The second kappa shape index (κ2) is 12.8. The number of fused-ring (bicyclic) bond motifs is 1. The third kappa shape index (κ3) is 7.27. The van der Waals surface area contributed by atoms with E-state index < -0.39 is 11.9 Å². The first kappa shape index (κ1) is 27.5. The van der Waals surface area contributed by atoms with Gasteiger partial charge >= 0.3 is 0 Å². The Morgan fingerprint density at radius 1 is 1.03 bits per heavy atom. The van der Waals surface area contributed by atoms with Crippen molar-refractivity contribution < 1.29 is 24.2 Å². The van der Waals surface area contributed by atoms with E-state index in [1.807, 2.05) is 6.07 Å². The lowest BCUT2D eigenvalue weighted by Gasteiger charge is -2.26. The second-order valence-electron chi connectivity index (χ2n) is 10.7. The maximum Gasteiger partial charge on any atom is 0.252 e. The highest BCUT2D eigenvalue weighted by Crippen LogP contribution is 2.35. The maximum absolute atomic E-state index is 13.4. The molecule has 1 saturated carbocycles. The van der Waals surface area contributed by atoms with Crippen molar-refractivity contribution in [2.75, 3.05) is 6.61 Å². The first-order chi connectivity index (χ1) is 18.3. The largest absolute Gasteiger partial charge is 0.508 e. The highest BCUT2D eigenvalue weighted by Gasteiger charge is 2.28. The van der Waals surface area contributed by atoms with Crippen molar-refractivity contribution in [1.82, 2.24) is 10.6 Å². The summed E-state index contributed by atoms with van der Waals surface area (Å²) in [5.41, 5.74) is 8.84. The Hall–Kier alpha value is -3.55. The lowest BCUT2D eigenvalue weighted by Crippen LogP contribution is -2.48. The van der Waals surface area contributed by atoms with Crippen LogP contribution in [0.4, 0.5) is 0 Å². The average molecular weight is 522 g/mol. The molecule has 38 heavy (non-hydrogen) atoms. The number of aromatic hydroxyl groups is 1. The minimum atomic E-state index is -0.780. The first-order valence-electron chi connectivity index (χ1n) is 13.7. The van der Waals surface area contributed by atoms with Crippen LogP contribution >= 0.6 is 0 Å². The normalized spacial score (nSPS) is 18.5. The number of benzene rings is 2. The van der Waals surface area contributed by atoms with Crippen LogP contribution in [0.25, 0.3) is 0 Å². The standard InChI is InChI=1S/C30H39N3O5/c1-19(34)32-27(15-20-11-13-23(35)14-12-20)30(37)33-26-10-6-5-9-22-16-28(25(29(31)36)17-24(22)26)38-18-21-7-3-2-4-8-21/h11-14,16-17,21,26-27,35H,2-10,15,18H2,1H3,(H2,31,36)(H,32,34)(H,33,37). The fourth-order valence-electron chi connectivity index (χ4n) is 5.62. The minimum Gasteiger partial charge on any atom is -0.508 e. The van der Waals surface area contributed by atoms with Gasteiger partial charge in [-0.2, -0.15) is 0 Å². The van der Waals surface area contributed by atoms with Crippen molar-refractivity contribution in [2.45, 2.75) is 83.2 Å². The molecule has 0 spiro atoms. The number of nitrogens with one attached hydrogen (secondary N) is 2. The molecule has 204 valence electrons. The summed E-state index contributed by atoms with van der Waals surface area (Å²) in [4.78, 5) is 37.7. The van der Waals surface area contributed by atoms with Crippen LogP contribution in [0.1, 0.15) is 91.4 Å². The number of hydrogen-bond acceptors (Lipinski definition) is 5. The van der Waals surface area contributed by atoms with Gasteiger partial charge in [0.15, 0.2) is 0 Å². The molecule has 0 bridgehead atoms. The molecule has 1 fully saturated rings. The lowest BCUT2D eigenvalue weighted by molar-refractivity contribution is -0.128. The monoisotopic (exact) mass is 521 g/mol. The van der Waals surface area contributed by atoms with Gasteiger partial charge in [0, 0.05) is 13.3 Å². The SMILES string of the molecule is CC(=O)NC(Cc1ccc(O)cc1)C(=O)NC1CCCCc2cc(OCC3CCCCC3)c(C(N)=O)cc21. The molecule has 8 heteroatoms. The van der Waals surface area contributed by atoms with Crippen molar-refractivity contribution in [3.8, 4) is 11.5 Å². The van der Waals surface area contributed by atoms with E-state index in [2.05, 4.69) is 10.6 Å². The van der Waals surface area contributed by atoms with E-state index in [0.717, 1.165) is 48.8 Å². The fourth-order valence-corrected chi connectivity index (χ4v) is 5.62. The van der Waals surface area contributed by atoms with E-state index in [-0.39, 0.29) is 30.0 Å². The molecule has 2 aliphatic carbocycles. The lowest BCUT2D eigenvalue weighted by atomic mass is 9.90. The summed E-state index contributed by atoms with van der Waals surface area (Å²) in [5.74, 6) is -0.00175. The van der Waals surface area contributed by atoms with Crippen molar-refractivity contribution in [1.29, 1.82) is 0 Å². The number of phenolic OH excluding ortho intramolecular Hbond substituents is 1. The zero-order valence-corrected chi connectivity index (χ0v) is 22.1. The molecule has 2 unspecified atom stereocenters. The van der Waals surface area contributed by atoms with E-state index >= 15 is 0 Å².